The maximum atomic E-state index is 12.9. The molecule has 3 rings (SSSR count). The zero-order valence-corrected chi connectivity index (χ0v) is 16.5. The predicted molar refractivity (Wildman–Crippen MR) is 110 cm³/mol. The van der Waals surface area contributed by atoms with E-state index >= 15 is 0 Å². The van der Waals surface area contributed by atoms with E-state index < -0.39 is 11.9 Å². The maximum Gasteiger partial charge on any atom is 0.340 e. The summed E-state index contributed by atoms with van der Waals surface area (Å²) in [7, 11) is 2.75. The molecule has 2 N–H and O–H groups in total. The average Bonchev–Trinajstić information content (AvgIpc) is 2.94. The Morgan fingerprint density at radius 2 is 1.96 bits per heavy atom. The first-order valence-electron chi connectivity index (χ1n) is 7.92. The smallest absolute Gasteiger partial charge is 0.340 e. The largest absolute Gasteiger partial charge is 0.508 e. The lowest BCUT2D eigenvalue weighted by molar-refractivity contribution is -0.113. The summed E-state index contributed by atoms with van der Waals surface area (Å²) in [6.45, 7) is 0. The Kier molecular flexibility index (Phi) is 5.57. The molecule has 28 heavy (non-hydrogen) atoms. The normalized spacial score (nSPS) is 15.2. The van der Waals surface area contributed by atoms with Crippen molar-refractivity contribution in [3.05, 3.63) is 52.4 Å². The van der Waals surface area contributed by atoms with Gasteiger partial charge in [0.25, 0.3) is 5.91 Å². The summed E-state index contributed by atoms with van der Waals surface area (Å²) < 4.78 is 10.6. The molecule has 1 aliphatic heterocycles. The highest BCUT2D eigenvalue weighted by Crippen LogP contribution is 2.39. The third-order valence-electron chi connectivity index (χ3n) is 3.96. The van der Waals surface area contributed by atoms with Crippen LogP contribution in [0.2, 0.25) is 0 Å². The number of ether oxygens (including phenoxy) is 2. The second-order valence-electron chi connectivity index (χ2n) is 5.61. The van der Waals surface area contributed by atoms with Crippen molar-refractivity contribution in [3.63, 3.8) is 0 Å². The number of hydrogen-bond acceptors (Lipinski definition) is 7. The third-order valence-corrected chi connectivity index (χ3v) is 5.26. The van der Waals surface area contributed by atoms with E-state index in [1.165, 1.54) is 43.4 Å². The van der Waals surface area contributed by atoms with Crippen LogP contribution in [0.1, 0.15) is 15.9 Å². The number of phenols is 1. The first-order chi connectivity index (χ1) is 13.4. The topological polar surface area (TPSA) is 96.3 Å². The van der Waals surface area contributed by atoms with Gasteiger partial charge in [0, 0.05) is 6.07 Å². The number of rotatable bonds is 5. The number of carboxylic acid groups (broad SMARTS) is 1. The number of amides is 1. The van der Waals surface area contributed by atoms with Crippen LogP contribution < -0.4 is 14.4 Å². The molecule has 9 heteroatoms. The Hall–Kier alpha value is -3.04. The van der Waals surface area contributed by atoms with Crippen molar-refractivity contribution in [2.75, 3.05) is 19.1 Å². The van der Waals surface area contributed by atoms with Gasteiger partial charge in [-0.1, -0.05) is 36.1 Å². The van der Waals surface area contributed by atoms with Crippen LogP contribution in [-0.2, 0) is 4.79 Å². The van der Waals surface area contributed by atoms with Crippen LogP contribution in [0.15, 0.2) is 41.3 Å². The van der Waals surface area contributed by atoms with E-state index in [1.807, 2.05) is 0 Å². The van der Waals surface area contributed by atoms with Crippen LogP contribution in [0.5, 0.6) is 17.2 Å². The fourth-order valence-corrected chi connectivity index (χ4v) is 4.04. The van der Waals surface area contributed by atoms with Gasteiger partial charge in [-0.2, -0.15) is 0 Å². The van der Waals surface area contributed by atoms with E-state index in [2.05, 4.69) is 0 Å². The number of carbonyl (C=O) groups excluding carboxylic acids is 1. The van der Waals surface area contributed by atoms with Gasteiger partial charge in [0.15, 0.2) is 15.8 Å². The molecule has 1 amide bonds. The summed E-state index contributed by atoms with van der Waals surface area (Å²) in [5.41, 5.74) is 0.586. The van der Waals surface area contributed by atoms with Gasteiger partial charge < -0.3 is 19.7 Å². The zero-order valence-electron chi connectivity index (χ0n) is 14.8. The SMILES string of the molecule is COc1ccc(/C=C2\SC(=S)N(c3cccc(O)c3)C2=O)c(C(=O)O)c1OC. The molecule has 1 aliphatic rings. The lowest BCUT2D eigenvalue weighted by atomic mass is 10.0. The van der Waals surface area contributed by atoms with E-state index in [-0.39, 0.29) is 37.6 Å². The number of methoxy groups -OCH3 is 2. The number of anilines is 1. The number of thioether (sulfide) groups is 1. The molecule has 1 saturated heterocycles. The minimum atomic E-state index is -1.22. The Bertz CT molecular complexity index is 1020. The van der Waals surface area contributed by atoms with Crippen LogP contribution in [-0.4, -0.2) is 40.6 Å². The van der Waals surface area contributed by atoms with Crippen molar-refractivity contribution in [3.8, 4) is 17.2 Å². The molecular formula is C19H15NO6S2. The second-order valence-corrected chi connectivity index (χ2v) is 7.28. The minimum Gasteiger partial charge on any atom is -0.508 e. The number of aromatic hydroxyl groups is 1. The minimum absolute atomic E-state index is 0.00332. The van der Waals surface area contributed by atoms with Crippen molar-refractivity contribution in [1.29, 1.82) is 0 Å². The van der Waals surface area contributed by atoms with Crippen LogP contribution in [0.3, 0.4) is 0 Å². The summed E-state index contributed by atoms with van der Waals surface area (Å²) in [6.07, 6.45) is 1.45. The van der Waals surface area contributed by atoms with Crippen molar-refractivity contribution < 1.29 is 29.3 Å². The summed E-state index contributed by atoms with van der Waals surface area (Å²) in [4.78, 5) is 26.2. The van der Waals surface area contributed by atoms with Gasteiger partial charge in [-0.25, -0.2) is 4.79 Å². The van der Waals surface area contributed by atoms with Crippen LogP contribution in [0, 0.1) is 0 Å². The maximum absolute atomic E-state index is 12.9. The monoisotopic (exact) mass is 417 g/mol. The van der Waals surface area contributed by atoms with Gasteiger partial charge in [0.05, 0.1) is 24.8 Å². The molecule has 7 nitrogen and oxygen atoms in total. The number of benzene rings is 2. The molecule has 1 heterocycles. The molecule has 0 aromatic heterocycles. The van der Waals surface area contributed by atoms with Gasteiger partial charge in [0.2, 0.25) is 0 Å². The van der Waals surface area contributed by atoms with Crippen molar-refractivity contribution in [2.24, 2.45) is 0 Å². The van der Waals surface area contributed by atoms with Gasteiger partial charge in [-0.15, -0.1) is 0 Å². The highest BCUT2D eigenvalue weighted by atomic mass is 32.2. The first kappa shape index (κ1) is 19.7. The Morgan fingerprint density at radius 3 is 2.57 bits per heavy atom. The fourth-order valence-electron chi connectivity index (χ4n) is 2.75. The molecule has 144 valence electrons. The Labute approximate surface area is 170 Å². The Balaban J connectivity index is 2.06. The van der Waals surface area contributed by atoms with E-state index in [4.69, 9.17) is 21.7 Å². The summed E-state index contributed by atoms with van der Waals surface area (Å²) >= 11 is 6.34. The van der Waals surface area contributed by atoms with E-state index in [0.29, 0.717) is 5.69 Å². The highest BCUT2D eigenvalue weighted by Gasteiger charge is 2.34. The van der Waals surface area contributed by atoms with Gasteiger partial charge in [0.1, 0.15) is 11.3 Å². The van der Waals surface area contributed by atoms with Gasteiger partial charge >= 0.3 is 5.97 Å². The standard InChI is InChI=1S/C19H15NO6S2/c1-25-13-7-6-10(15(18(23)24)16(13)26-2)8-14-17(22)20(19(27)28-14)11-4-3-5-12(21)9-11/h3-9,21H,1-2H3,(H,23,24)/b14-8-. The van der Waals surface area contributed by atoms with Crippen molar-refractivity contribution in [1.82, 2.24) is 0 Å². The quantitative estimate of drug-likeness (QED) is 0.564. The molecule has 2 aromatic rings. The van der Waals surface area contributed by atoms with Crippen LogP contribution >= 0.6 is 24.0 Å². The number of carbonyl (C=O) groups is 2. The van der Waals surface area contributed by atoms with E-state index in [0.717, 1.165) is 11.8 Å². The van der Waals surface area contributed by atoms with Crippen LogP contribution in [0.4, 0.5) is 5.69 Å². The molecule has 0 aliphatic carbocycles. The molecule has 0 bridgehead atoms. The van der Waals surface area contributed by atoms with E-state index in [9.17, 15) is 19.8 Å². The molecule has 0 spiro atoms. The molecule has 0 unspecified atom stereocenters. The number of carboxylic acids is 1. The number of aromatic carboxylic acids is 1. The summed E-state index contributed by atoms with van der Waals surface area (Å²) in [5.74, 6) is -1.29. The third kappa shape index (κ3) is 3.54. The molecule has 0 radical (unpaired) electrons. The Morgan fingerprint density at radius 1 is 1.21 bits per heavy atom. The second kappa shape index (κ2) is 7.91. The number of thiocarbonyl (C=S) groups is 1. The fraction of sp³-hybridized carbons (Fsp3) is 0.105. The average molecular weight is 417 g/mol. The molecule has 0 saturated carbocycles. The zero-order chi connectivity index (χ0) is 20.4. The number of nitrogens with zero attached hydrogens (tertiary/aromatic N) is 1. The van der Waals surface area contributed by atoms with Gasteiger partial charge in [-0.05, 0) is 29.8 Å². The van der Waals surface area contributed by atoms with Crippen molar-refractivity contribution >= 4 is 51.9 Å². The summed E-state index contributed by atoms with van der Waals surface area (Å²) in [5, 5.41) is 19.3. The molecule has 1 fully saturated rings. The van der Waals surface area contributed by atoms with E-state index in [1.54, 1.807) is 18.2 Å². The lowest BCUT2D eigenvalue weighted by Crippen LogP contribution is -2.27. The number of hydrogen-bond donors (Lipinski definition) is 2. The lowest BCUT2D eigenvalue weighted by Gasteiger charge is -2.14. The predicted octanol–water partition coefficient (Wildman–Crippen LogP) is 3.51. The summed E-state index contributed by atoms with van der Waals surface area (Å²) in [6, 6.07) is 9.25. The van der Waals surface area contributed by atoms with Crippen molar-refractivity contribution in [2.45, 2.75) is 0 Å². The first-order valence-corrected chi connectivity index (χ1v) is 9.15. The molecule has 0 atom stereocenters. The molecule has 2 aromatic carbocycles. The highest BCUT2D eigenvalue weighted by molar-refractivity contribution is 8.27. The van der Waals surface area contributed by atoms with Crippen LogP contribution in [0.25, 0.3) is 6.08 Å². The van der Waals surface area contributed by atoms with Gasteiger partial charge in [-0.3, -0.25) is 9.69 Å². The molecular weight excluding hydrogens is 402 g/mol. The number of phenolic OH excluding ortho intramolecular Hbond substituents is 1.